The standard InChI is InChI=1S/C24H23N3O5S/c28-23(26-18-3-6-21-22(11-18)32-15-31-21)16-7-9-27(10-8-16)24(29)17-1-4-20(5-2-17)30-12-19-13-33-14-25-19/h1-6,11,13-14,16H,7-10,12,15H2,(H,26,28). The maximum absolute atomic E-state index is 12.9. The molecule has 0 saturated carbocycles. The smallest absolute Gasteiger partial charge is 0.253 e. The lowest BCUT2D eigenvalue weighted by Gasteiger charge is -2.31. The Morgan fingerprint density at radius 1 is 1.09 bits per heavy atom. The highest BCUT2D eigenvalue weighted by atomic mass is 32.1. The number of hydrogen-bond acceptors (Lipinski definition) is 7. The number of carbonyl (C=O) groups is 2. The van der Waals surface area contributed by atoms with Crippen LogP contribution in [0.3, 0.4) is 0 Å². The molecular formula is C24H23N3O5S. The zero-order valence-corrected chi connectivity index (χ0v) is 18.7. The van der Waals surface area contributed by atoms with Crippen molar-refractivity contribution >= 4 is 28.8 Å². The van der Waals surface area contributed by atoms with E-state index in [1.807, 2.05) is 5.38 Å². The summed E-state index contributed by atoms with van der Waals surface area (Å²) in [5.74, 6) is 1.80. The summed E-state index contributed by atoms with van der Waals surface area (Å²) in [6.07, 6.45) is 1.24. The number of rotatable bonds is 6. The Labute approximate surface area is 195 Å². The van der Waals surface area contributed by atoms with Gasteiger partial charge in [-0.3, -0.25) is 9.59 Å². The largest absolute Gasteiger partial charge is 0.487 e. The molecule has 9 heteroatoms. The second-order valence-electron chi connectivity index (χ2n) is 7.92. The first-order valence-electron chi connectivity index (χ1n) is 10.8. The summed E-state index contributed by atoms with van der Waals surface area (Å²) in [7, 11) is 0. The zero-order valence-electron chi connectivity index (χ0n) is 17.9. The first-order valence-corrected chi connectivity index (χ1v) is 11.7. The van der Waals surface area contributed by atoms with Gasteiger partial charge >= 0.3 is 0 Å². The van der Waals surface area contributed by atoms with Crippen molar-refractivity contribution < 1.29 is 23.8 Å². The summed E-state index contributed by atoms with van der Waals surface area (Å²) in [6, 6.07) is 12.5. The maximum atomic E-state index is 12.9. The lowest BCUT2D eigenvalue weighted by Crippen LogP contribution is -2.41. The molecule has 0 atom stereocenters. The van der Waals surface area contributed by atoms with E-state index < -0.39 is 0 Å². The van der Waals surface area contributed by atoms with Crippen LogP contribution in [0.1, 0.15) is 28.9 Å². The Morgan fingerprint density at radius 3 is 2.64 bits per heavy atom. The van der Waals surface area contributed by atoms with Crippen molar-refractivity contribution in [3.63, 3.8) is 0 Å². The lowest BCUT2D eigenvalue weighted by atomic mass is 9.95. The molecule has 0 spiro atoms. The Hall–Kier alpha value is -3.59. The number of ether oxygens (including phenoxy) is 3. The molecule has 2 aliphatic rings. The average molecular weight is 466 g/mol. The van der Waals surface area contributed by atoms with Gasteiger partial charge in [-0.25, -0.2) is 4.98 Å². The van der Waals surface area contributed by atoms with E-state index >= 15 is 0 Å². The van der Waals surface area contributed by atoms with Crippen molar-refractivity contribution in [2.45, 2.75) is 19.4 Å². The van der Waals surface area contributed by atoms with Crippen molar-refractivity contribution in [3.8, 4) is 17.2 Å². The number of thiazole rings is 1. The fourth-order valence-corrected chi connectivity index (χ4v) is 4.45. The SMILES string of the molecule is O=C(Nc1ccc2c(c1)OCO2)C1CCN(C(=O)c2ccc(OCc3cscn3)cc2)CC1. The molecule has 1 saturated heterocycles. The predicted octanol–water partition coefficient (Wildman–Crippen LogP) is 3.94. The van der Waals surface area contributed by atoms with E-state index in [0.717, 1.165) is 5.69 Å². The molecule has 8 nitrogen and oxygen atoms in total. The van der Waals surface area contributed by atoms with Gasteiger partial charge < -0.3 is 24.4 Å². The molecule has 33 heavy (non-hydrogen) atoms. The zero-order chi connectivity index (χ0) is 22.6. The van der Waals surface area contributed by atoms with Crippen LogP contribution in [0.25, 0.3) is 0 Å². The quantitative estimate of drug-likeness (QED) is 0.593. The molecule has 0 unspecified atom stereocenters. The van der Waals surface area contributed by atoms with Gasteiger partial charge in [0.1, 0.15) is 12.4 Å². The molecule has 0 bridgehead atoms. The molecule has 5 rings (SSSR count). The van der Waals surface area contributed by atoms with E-state index in [2.05, 4.69) is 10.3 Å². The summed E-state index contributed by atoms with van der Waals surface area (Å²) in [6.45, 7) is 1.68. The van der Waals surface area contributed by atoms with Gasteiger partial charge in [0.2, 0.25) is 12.7 Å². The number of hydrogen-bond donors (Lipinski definition) is 1. The minimum Gasteiger partial charge on any atom is -0.487 e. The van der Waals surface area contributed by atoms with E-state index in [1.54, 1.807) is 52.9 Å². The molecule has 1 aromatic heterocycles. The van der Waals surface area contributed by atoms with Gasteiger partial charge in [0.25, 0.3) is 5.91 Å². The minimum absolute atomic E-state index is 0.0318. The highest BCUT2D eigenvalue weighted by molar-refractivity contribution is 7.07. The third-order valence-corrected chi connectivity index (χ3v) is 6.40. The number of anilines is 1. The van der Waals surface area contributed by atoms with Crippen molar-refractivity contribution in [3.05, 3.63) is 64.6 Å². The van der Waals surface area contributed by atoms with Gasteiger partial charge in [-0.2, -0.15) is 0 Å². The summed E-state index contributed by atoms with van der Waals surface area (Å²) in [5.41, 5.74) is 3.94. The molecule has 0 radical (unpaired) electrons. The van der Waals surface area contributed by atoms with Crippen LogP contribution in [0.4, 0.5) is 5.69 Å². The van der Waals surface area contributed by atoms with Crippen LogP contribution in [-0.2, 0) is 11.4 Å². The van der Waals surface area contributed by atoms with Gasteiger partial charge in [0.15, 0.2) is 11.5 Å². The second-order valence-corrected chi connectivity index (χ2v) is 8.64. The van der Waals surface area contributed by atoms with Gasteiger partial charge in [-0.1, -0.05) is 0 Å². The first kappa shape index (κ1) is 21.3. The van der Waals surface area contributed by atoms with Crippen LogP contribution in [-0.4, -0.2) is 41.6 Å². The van der Waals surface area contributed by atoms with E-state index in [4.69, 9.17) is 14.2 Å². The molecule has 170 valence electrons. The molecular weight excluding hydrogens is 442 g/mol. The lowest BCUT2D eigenvalue weighted by molar-refractivity contribution is -0.121. The number of piperidine rings is 1. The van der Waals surface area contributed by atoms with Crippen LogP contribution in [0, 0.1) is 5.92 Å². The number of amides is 2. The predicted molar refractivity (Wildman–Crippen MR) is 123 cm³/mol. The van der Waals surface area contributed by atoms with Gasteiger partial charge in [0.05, 0.1) is 11.2 Å². The molecule has 0 aliphatic carbocycles. The van der Waals surface area contributed by atoms with Crippen molar-refractivity contribution in [1.82, 2.24) is 9.88 Å². The van der Waals surface area contributed by atoms with E-state index in [9.17, 15) is 9.59 Å². The number of nitrogens with zero attached hydrogens (tertiary/aromatic N) is 2. The summed E-state index contributed by atoms with van der Waals surface area (Å²) >= 11 is 1.53. The van der Waals surface area contributed by atoms with Crippen LogP contribution in [0.2, 0.25) is 0 Å². The maximum Gasteiger partial charge on any atom is 0.253 e. The topological polar surface area (TPSA) is 90.0 Å². The van der Waals surface area contributed by atoms with Crippen LogP contribution < -0.4 is 19.5 Å². The van der Waals surface area contributed by atoms with Crippen molar-refractivity contribution in [1.29, 1.82) is 0 Å². The fourth-order valence-electron chi connectivity index (χ4n) is 3.91. The Morgan fingerprint density at radius 2 is 1.88 bits per heavy atom. The summed E-state index contributed by atoms with van der Waals surface area (Å²) < 4.78 is 16.4. The summed E-state index contributed by atoms with van der Waals surface area (Å²) in [5, 5.41) is 4.89. The number of fused-ring (bicyclic) bond motifs is 1. The van der Waals surface area contributed by atoms with Crippen molar-refractivity contribution in [2.75, 3.05) is 25.2 Å². The van der Waals surface area contributed by atoms with Crippen LogP contribution >= 0.6 is 11.3 Å². The number of benzene rings is 2. The molecule has 1 fully saturated rings. The summed E-state index contributed by atoms with van der Waals surface area (Å²) in [4.78, 5) is 31.6. The van der Waals surface area contributed by atoms with E-state index in [0.29, 0.717) is 61.0 Å². The van der Waals surface area contributed by atoms with Gasteiger partial charge in [-0.05, 0) is 49.2 Å². The van der Waals surface area contributed by atoms with E-state index in [1.165, 1.54) is 11.3 Å². The molecule has 1 N–H and O–H groups in total. The highest BCUT2D eigenvalue weighted by Crippen LogP contribution is 2.34. The molecule has 2 amide bonds. The number of aromatic nitrogens is 1. The number of nitrogens with one attached hydrogen (secondary N) is 1. The Bertz CT molecular complexity index is 1130. The fraction of sp³-hybridized carbons (Fsp3) is 0.292. The van der Waals surface area contributed by atoms with Crippen molar-refractivity contribution in [2.24, 2.45) is 5.92 Å². The van der Waals surface area contributed by atoms with Crippen LogP contribution in [0.5, 0.6) is 17.2 Å². The van der Waals surface area contributed by atoms with E-state index in [-0.39, 0.29) is 24.5 Å². The third-order valence-electron chi connectivity index (χ3n) is 5.76. The Kier molecular flexibility index (Phi) is 6.12. The monoisotopic (exact) mass is 465 g/mol. The molecule has 3 aromatic rings. The normalized spacial score (nSPS) is 15.3. The second kappa shape index (κ2) is 9.50. The first-order chi connectivity index (χ1) is 16.2. The van der Waals surface area contributed by atoms with Crippen LogP contribution in [0.15, 0.2) is 53.4 Å². The molecule has 2 aliphatic heterocycles. The molecule has 2 aromatic carbocycles. The van der Waals surface area contributed by atoms with Gasteiger partial charge in [0, 0.05) is 41.7 Å². The average Bonchev–Trinajstić information content (AvgIpc) is 3.54. The third kappa shape index (κ3) is 4.93. The minimum atomic E-state index is -0.138. The number of carbonyl (C=O) groups excluding carboxylic acids is 2. The highest BCUT2D eigenvalue weighted by Gasteiger charge is 2.28. The number of likely N-dealkylation sites (tertiary alicyclic amines) is 1. The molecule has 3 heterocycles. The van der Waals surface area contributed by atoms with Gasteiger partial charge in [-0.15, -0.1) is 11.3 Å². The Balaban J connectivity index is 1.11.